The number of nitrogens with one attached hydrogen (secondary N) is 4. The predicted molar refractivity (Wildman–Crippen MR) is 114 cm³/mol. The van der Waals surface area contributed by atoms with Crippen molar-refractivity contribution in [3.05, 3.63) is 40.6 Å². The lowest BCUT2D eigenvalue weighted by molar-refractivity contribution is 0.0948. The lowest BCUT2D eigenvalue weighted by atomic mass is 9.88. The summed E-state index contributed by atoms with van der Waals surface area (Å²) < 4.78 is 0. The van der Waals surface area contributed by atoms with Crippen molar-refractivity contribution >= 4 is 23.0 Å². The van der Waals surface area contributed by atoms with E-state index in [1.54, 1.807) is 0 Å². The molecule has 1 saturated heterocycles. The van der Waals surface area contributed by atoms with Crippen LogP contribution in [0.4, 0.5) is 0 Å². The van der Waals surface area contributed by atoms with Gasteiger partial charge in [-0.2, -0.15) is 5.10 Å². The number of aromatic nitrogens is 4. The minimum atomic E-state index is -0.102. The molecule has 1 aliphatic carbocycles. The number of amides is 1. The lowest BCUT2D eigenvalue weighted by Crippen LogP contribution is -2.30. The number of allylic oxidation sites excluding steroid dienone is 1. The second kappa shape index (κ2) is 7.15. The Morgan fingerprint density at radius 1 is 1.34 bits per heavy atom. The summed E-state index contributed by atoms with van der Waals surface area (Å²) in [5.74, 6) is 1.50. The third-order valence-electron chi connectivity index (χ3n) is 6.12. The number of nitrogens with zero attached hydrogens (tertiary/aromatic N) is 2. The molecule has 1 aliphatic heterocycles. The molecular formula is C22H26N6O. The Balaban J connectivity index is 1.47. The van der Waals surface area contributed by atoms with Gasteiger partial charge in [0.15, 0.2) is 5.82 Å². The molecule has 7 heteroatoms. The molecule has 1 fully saturated rings. The predicted octanol–water partition coefficient (Wildman–Crippen LogP) is 3.12. The normalized spacial score (nSPS) is 20.9. The van der Waals surface area contributed by atoms with Gasteiger partial charge in [0.25, 0.3) is 5.91 Å². The Morgan fingerprint density at radius 3 is 3.07 bits per heavy atom. The summed E-state index contributed by atoms with van der Waals surface area (Å²) in [6.45, 7) is 6.76. The zero-order valence-corrected chi connectivity index (χ0v) is 16.8. The van der Waals surface area contributed by atoms with Gasteiger partial charge < -0.3 is 15.6 Å². The standard InChI is InChI=1S/C22H26N6O/c1-12-4-3-5-15-8-17-18(9-16(12)15)26-21(25-17)20-19(13(2)27-28-20)22(29)24-11-14-6-7-23-10-14/h3,5,8-9,12,14,23H,4,6-7,10-11H2,1-2H3,(H,24,29)(H,25,26)(H,27,28). The molecule has 29 heavy (non-hydrogen) atoms. The van der Waals surface area contributed by atoms with Gasteiger partial charge in [-0.3, -0.25) is 9.89 Å². The van der Waals surface area contributed by atoms with E-state index < -0.39 is 0 Å². The minimum Gasteiger partial charge on any atom is -0.352 e. The number of H-pyrrole nitrogens is 2. The van der Waals surface area contributed by atoms with Gasteiger partial charge in [-0.1, -0.05) is 19.1 Å². The van der Waals surface area contributed by atoms with E-state index in [1.165, 1.54) is 11.1 Å². The first-order valence-electron chi connectivity index (χ1n) is 10.3. The average molecular weight is 390 g/mol. The molecule has 1 amide bonds. The van der Waals surface area contributed by atoms with Crippen LogP contribution in [0.15, 0.2) is 18.2 Å². The minimum absolute atomic E-state index is 0.102. The van der Waals surface area contributed by atoms with Gasteiger partial charge >= 0.3 is 0 Å². The maximum Gasteiger partial charge on any atom is 0.255 e. The third-order valence-corrected chi connectivity index (χ3v) is 6.12. The third kappa shape index (κ3) is 3.25. The number of hydrogen-bond acceptors (Lipinski definition) is 4. The van der Waals surface area contributed by atoms with Crippen LogP contribution in [0.2, 0.25) is 0 Å². The van der Waals surface area contributed by atoms with E-state index >= 15 is 0 Å². The number of aromatic amines is 2. The van der Waals surface area contributed by atoms with E-state index in [-0.39, 0.29) is 5.91 Å². The average Bonchev–Trinajstić information content (AvgIpc) is 3.44. The number of benzene rings is 1. The summed E-state index contributed by atoms with van der Waals surface area (Å²) in [6.07, 6.45) is 6.53. The quantitative estimate of drug-likeness (QED) is 0.550. The van der Waals surface area contributed by atoms with Gasteiger partial charge in [0.1, 0.15) is 5.69 Å². The highest BCUT2D eigenvalue weighted by Gasteiger charge is 2.24. The first kappa shape index (κ1) is 18.1. The van der Waals surface area contributed by atoms with Crippen LogP contribution in [0.5, 0.6) is 0 Å². The van der Waals surface area contributed by atoms with E-state index in [2.05, 4.69) is 57.0 Å². The highest BCUT2D eigenvalue weighted by molar-refractivity contribution is 6.01. The number of aryl methyl sites for hydroxylation is 1. The molecule has 2 atom stereocenters. The Labute approximate surface area is 169 Å². The van der Waals surface area contributed by atoms with Crippen LogP contribution in [0.25, 0.3) is 28.6 Å². The van der Waals surface area contributed by atoms with E-state index in [0.29, 0.717) is 35.5 Å². The molecule has 0 saturated carbocycles. The summed E-state index contributed by atoms with van der Waals surface area (Å²) in [7, 11) is 0. The number of imidazole rings is 1. The van der Waals surface area contributed by atoms with Crippen molar-refractivity contribution in [1.29, 1.82) is 0 Å². The van der Waals surface area contributed by atoms with Crippen molar-refractivity contribution in [2.24, 2.45) is 5.92 Å². The Hall–Kier alpha value is -2.93. The Bertz CT molecular complexity index is 1100. The van der Waals surface area contributed by atoms with E-state index in [0.717, 1.165) is 42.7 Å². The molecule has 150 valence electrons. The lowest BCUT2D eigenvalue weighted by Gasteiger charge is -2.17. The SMILES string of the molecule is Cc1[nH]nc(-c2nc3cc4c(cc3[nH]2)C(C)CC=C4)c1C(=O)NCC1CCNC1. The molecule has 0 bridgehead atoms. The Kier molecular flexibility index (Phi) is 4.47. The van der Waals surface area contributed by atoms with E-state index in [9.17, 15) is 4.79 Å². The van der Waals surface area contributed by atoms with Crippen molar-refractivity contribution in [2.45, 2.75) is 32.6 Å². The van der Waals surface area contributed by atoms with Crippen LogP contribution in [0, 0.1) is 12.8 Å². The van der Waals surface area contributed by atoms with Crippen LogP contribution in [0.1, 0.15) is 52.9 Å². The fourth-order valence-electron chi connectivity index (χ4n) is 4.39. The molecule has 3 aromatic rings. The van der Waals surface area contributed by atoms with Gasteiger partial charge in [0.2, 0.25) is 0 Å². The molecule has 2 aliphatic rings. The van der Waals surface area contributed by atoms with Crippen LogP contribution >= 0.6 is 0 Å². The summed E-state index contributed by atoms with van der Waals surface area (Å²) in [5, 5.41) is 13.7. The van der Waals surface area contributed by atoms with Crippen LogP contribution in [-0.4, -0.2) is 45.7 Å². The zero-order chi connectivity index (χ0) is 20.0. The van der Waals surface area contributed by atoms with E-state index in [4.69, 9.17) is 4.98 Å². The van der Waals surface area contributed by atoms with Gasteiger partial charge in [0, 0.05) is 12.2 Å². The zero-order valence-electron chi connectivity index (χ0n) is 16.8. The number of rotatable bonds is 4. The molecule has 2 aromatic heterocycles. The summed E-state index contributed by atoms with van der Waals surface area (Å²) >= 11 is 0. The number of carbonyl (C=O) groups excluding carboxylic acids is 1. The van der Waals surface area contributed by atoms with E-state index in [1.807, 2.05) is 6.92 Å². The largest absolute Gasteiger partial charge is 0.352 e. The fraction of sp³-hybridized carbons (Fsp3) is 0.409. The van der Waals surface area contributed by atoms with Crippen molar-refractivity contribution in [3.8, 4) is 11.5 Å². The number of carbonyl (C=O) groups is 1. The number of fused-ring (bicyclic) bond motifs is 2. The topological polar surface area (TPSA) is 98.5 Å². The van der Waals surface area contributed by atoms with Crippen molar-refractivity contribution in [1.82, 2.24) is 30.8 Å². The number of hydrogen-bond donors (Lipinski definition) is 4. The van der Waals surface area contributed by atoms with Crippen LogP contribution < -0.4 is 10.6 Å². The smallest absolute Gasteiger partial charge is 0.255 e. The van der Waals surface area contributed by atoms with Crippen molar-refractivity contribution in [2.75, 3.05) is 19.6 Å². The first-order chi connectivity index (χ1) is 14.1. The van der Waals surface area contributed by atoms with Crippen molar-refractivity contribution < 1.29 is 4.79 Å². The second-order valence-corrected chi connectivity index (χ2v) is 8.26. The fourth-order valence-corrected chi connectivity index (χ4v) is 4.39. The highest BCUT2D eigenvalue weighted by atomic mass is 16.1. The first-order valence-corrected chi connectivity index (χ1v) is 10.3. The Morgan fingerprint density at radius 2 is 2.24 bits per heavy atom. The summed E-state index contributed by atoms with van der Waals surface area (Å²) in [4.78, 5) is 21.0. The summed E-state index contributed by atoms with van der Waals surface area (Å²) in [5.41, 5.74) is 6.30. The van der Waals surface area contributed by atoms with Gasteiger partial charge in [-0.05, 0) is 68.0 Å². The van der Waals surface area contributed by atoms with Crippen LogP contribution in [0.3, 0.4) is 0 Å². The molecule has 0 spiro atoms. The molecule has 2 unspecified atom stereocenters. The molecule has 1 aromatic carbocycles. The second-order valence-electron chi connectivity index (χ2n) is 8.26. The maximum absolute atomic E-state index is 12.9. The molecule has 5 rings (SSSR count). The van der Waals surface area contributed by atoms with Crippen molar-refractivity contribution in [3.63, 3.8) is 0 Å². The molecule has 4 N–H and O–H groups in total. The molecule has 3 heterocycles. The van der Waals surface area contributed by atoms with Crippen LogP contribution in [-0.2, 0) is 0 Å². The summed E-state index contributed by atoms with van der Waals surface area (Å²) in [6, 6.07) is 4.30. The molecule has 0 radical (unpaired) electrons. The van der Waals surface area contributed by atoms with Gasteiger partial charge in [-0.25, -0.2) is 4.98 Å². The van der Waals surface area contributed by atoms with Gasteiger partial charge in [0.05, 0.1) is 16.6 Å². The molecular weight excluding hydrogens is 364 g/mol. The van der Waals surface area contributed by atoms with Gasteiger partial charge in [-0.15, -0.1) is 0 Å². The monoisotopic (exact) mass is 390 g/mol. The highest BCUT2D eigenvalue weighted by Crippen LogP contribution is 2.33. The maximum atomic E-state index is 12.9. The molecule has 7 nitrogen and oxygen atoms in total.